The summed E-state index contributed by atoms with van der Waals surface area (Å²) < 4.78 is 76.2. The Balaban J connectivity index is 1.77. The molecule has 0 aromatic heterocycles. The van der Waals surface area contributed by atoms with E-state index in [1.54, 1.807) is 0 Å². The van der Waals surface area contributed by atoms with Crippen LogP contribution in [0.4, 0.5) is 0 Å². The zero-order chi connectivity index (χ0) is 38.1. The van der Waals surface area contributed by atoms with Gasteiger partial charge in [-0.15, -0.1) is 0 Å². The van der Waals surface area contributed by atoms with Gasteiger partial charge in [0.2, 0.25) is 5.91 Å². The fourth-order valence-electron chi connectivity index (χ4n) is 6.12. The number of hydrogen-bond donors (Lipinski definition) is 13. The summed E-state index contributed by atoms with van der Waals surface area (Å²) in [4.78, 5) is 12.6. The molecule has 4 fully saturated rings. The molecule has 4 aliphatic heterocycles. The zero-order valence-corrected chi connectivity index (χ0v) is 27.8. The van der Waals surface area contributed by atoms with Gasteiger partial charge in [-0.2, -0.15) is 8.42 Å². The van der Waals surface area contributed by atoms with Crippen molar-refractivity contribution in [3.8, 4) is 0 Å². The average Bonchev–Trinajstić information content (AvgIpc) is 3.06. The predicted molar refractivity (Wildman–Crippen MR) is 154 cm³/mol. The summed E-state index contributed by atoms with van der Waals surface area (Å²) in [7, 11) is -5.37. The molecule has 0 saturated carbocycles. The highest BCUT2D eigenvalue weighted by atomic mass is 32.3. The number of aliphatic hydroxyl groups is 11. The van der Waals surface area contributed by atoms with Gasteiger partial charge in [0.15, 0.2) is 25.2 Å². The number of hydrogen-bond acceptors (Lipinski definition) is 22. The Morgan fingerprint density at radius 3 is 1.69 bits per heavy atom. The number of ether oxygens (including phenoxy) is 7. The fourth-order valence-corrected chi connectivity index (χ4v) is 6.63. The van der Waals surface area contributed by atoms with Gasteiger partial charge in [0.1, 0.15) is 91.5 Å². The van der Waals surface area contributed by atoms with E-state index in [1.165, 1.54) is 6.92 Å². The Kier molecular flexibility index (Phi) is 14.4. The Morgan fingerprint density at radius 1 is 0.608 bits per heavy atom. The molecule has 25 heteroatoms. The SMILES string of the molecule is CC(=O)N[C@H]1[C@H](O[C@@H]2[C@@H](O)[C@H](O)O[C@H](CO)[C@@H]2O)O[C@H](CO)[C@@H](O[C@@H]2O[C@@H](C)[C@@H](O)[C@@H](O)[C@@H]2O)[C@@H]1O[C@@H]1O[C@H](CO)[C@H](O)[C@H](OS(=O)(=O)O)[C@H]1O. The Labute approximate surface area is 289 Å². The molecule has 1 amide bonds. The number of nitrogens with one attached hydrogen (secondary N) is 1. The molecule has 0 radical (unpaired) electrons. The molecule has 0 aromatic rings. The Hall–Kier alpha value is -1.38. The number of aliphatic hydroxyl groups excluding tert-OH is 11. The third-order valence-corrected chi connectivity index (χ3v) is 9.24. The smallest absolute Gasteiger partial charge is 0.394 e. The van der Waals surface area contributed by atoms with E-state index in [4.69, 9.17) is 33.2 Å². The lowest BCUT2D eigenvalue weighted by atomic mass is 9.93. The van der Waals surface area contributed by atoms with Crippen LogP contribution < -0.4 is 5.32 Å². The van der Waals surface area contributed by atoms with E-state index in [9.17, 15) is 73.9 Å². The second kappa shape index (κ2) is 17.4. The zero-order valence-electron chi connectivity index (χ0n) is 26.9. The lowest BCUT2D eigenvalue weighted by Gasteiger charge is -2.51. The lowest BCUT2D eigenvalue weighted by molar-refractivity contribution is -0.384. The molecule has 20 atom stereocenters. The Morgan fingerprint density at radius 2 is 1.12 bits per heavy atom. The van der Waals surface area contributed by atoms with Crippen LogP contribution in [0.3, 0.4) is 0 Å². The van der Waals surface area contributed by atoms with E-state index in [0.717, 1.165) is 6.92 Å². The summed E-state index contributed by atoms with van der Waals surface area (Å²) in [5, 5.41) is 117. The van der Waals surface area contributed by atoms with Crippen LogP contribution in [0.25, 0.3) is 0 Å². The van der Waals surface area contributed by atoms with Gasteiger partial charge >= 0.3 is 10.4 Å². The maximum Gasteiger partial charge on any atom is 0.397 e. The normalized spacial score (nSPS) is 48.3. The molecule has 24 nitrogen and oxygen atoms in total. The maximum absolute atomic E-state index is 12.6. The van der Waals surface area contributed by atoms with Crippen molar-refractivity contribution >= 4 is 16.3 Å². The molecule has 0 spiro atoms. The van der Waals surface area contributed by atoms with Crippen LogP contribution in [0.1, 0.15) is 13.8 Å². The number of carbonyl (C=O) groups is 1. The molecule has 13 N–H and O–H groups in total. The summed E-state index contributed by atoms with van der Waals surface area (Å²) in [6, 6.07) is -1.76. The first-order valence-corrected chi connectivity index (χ1v) is 17.0. The standard InChI is InChI=1S/C26H45NO23S/c1-6-12(32)15(35)16(36)25(43-6)47-19-10(5-30)46-24(49-21-13(33)8(3-28)44-23(39)17(21)37)11(27-7(2)31)20(19)48-26-18(38)22(50-51(40,41)42)14(34)9(4-29)45-26/h6,8-26,28-30,32-39H,3-5H2,1-2H3,(H,27,31)(H,40,41,42)/t6-,8+,9+,10+,11+,12+,13-,14-,15+,16-,17+,18+,19+,20+,21-,22-,23+,24-,25-,26-/m0/s1. The molecule has 0 aromatic carbocycles. The van der Waals surface area contributed by atoms with Gasteiger partial charge in [0.25, 0.3) is 0 Å². The number of amides is 1. The summed E-state index contributed by atoms with van der Waals surface area (Å²) in [5.74, 6) is -0.851. The maximum atomic E-state index is 12.6. The van der Waals surface area contributed by atoms with Crippen molar-refractivity contribution in [1.29, 1.82) is 0 Å². The molecule has 4 aliphatic rings. The van der Waals surface area contributed by atoms with Gasteiger partial charge < -0.3 is 94.6 Å². The summed E-state index contributed by atoms with van der Waals surface area (Å²) in [5.41, 5.74) is 0. The van der Waals surface area contributed by atoms with Crippen molar-refractivity contribution in [3.05, 3.63) is 0 Å². The van der Waals surface area contributed by atoms with Crippen molar-refractivity contribution in [2.45, 2.75) is 137 Å². The highest BCUT2D eigenvalue weighted by Gasteiger charge is 2.57. The first kappa shape index (κ1) is 42.4. The minimum absolute atomic E-state index is 0.851. The molecule has 0 unspecified atom stereocenters. The van der Waals surface area contributed by atoms with Gasteiger partial charge in [-0.1, -0.05) is 0 Å². The molecule has 51 heavy (non-hydrogen) atoms. The average molecular weight is 772 g/mol. The van der Waals surface area contributed by atoms with Crippen molar-refractivity contribution in [2.24, 2.45) is 0 Å². The van der Waals surface area contributed by atoms with Gasteiger partial charge in [-0.05, 0) is 6.92 Å². The minimum atomic E-state index is -5.37. The molecule has 0 aliphatic carbocycles. The van der Waals surface area contributed by atoms with Gasteiger partial charge in [-0.25, -0.2) is 4.18 Å². The lowest BCUT2D eigenvalue weighted by Crippen LogP contribution is -2.71. The van der Waals surface area contributed by atoms with Crippen LogP contribution in [-0.2, 0) is 52.5 Å². The molecular formula is C26H45NO23S. The van der Waals surface area contributed by atoms with Crippen LogP contribution in [0.15, 0.2) is 0 Å². The van der Waals surface area contributed by atoms with Crippen LogP contribution in [-0.4, -0.2) is 218 Å². The van der Waals surface area contributed by atoms with Crippen LogP contribution in [0.2, 0.25) is 0 Å². The molecule has 4 heterocycles. The molecule has 298 valence electrons. The van der Waals surface area contributed by atoms with E-state index in [0.29, 0.717) is 0 Å². The van der Waals surface area contributed by atoms with Crippen molar-refractivity contribution < 1.29 is 111 Å². The van der Waals surface area contributed by atoms with Gasteiger partial charge in [0.05, 0.1) is 25.9 Å². The minimum Gasteiger partial charge on any atom is -0.394 e. The fraction of sp³-hybridized carbons (Fsp3) is 0.962. The van der Waals surface area contributed by atoms with Crippen molar-refractivity contribution in [3.63, 3.8) is 0 Å². The Bertz CT molecular complexity index is 1250. The molecule has 4 rings (SSSR count). The number of rotatable bonds is 12. The largest absolute Gasteiger partial charge is 0.397 e. The van der Waals surface area contributed by atoms with E-state index in [2.05, 4.69) is 9.50 Å². The quantitative estimate of drug-likeness (QED) is 0.0819. The topological polar surface area (TPSA) is 380 Å². The van der Waals surface area contributed by atoms with E-state index < -0.39 is 159 Å². The van der Waals surface area contributed by atoms with Crippen LogP contribution in [0, 0.1) is 0 Å². The second-order valence-corrected chi connectivity index (χ2v) is 13.4. The molecule has 4 saturated heterocycles. The first-order valence-electron chi connectivity index (χ1n) is 15.6. The summed E-state index contributed by atoms with van der Waals surface area (Å²) >= 11 is 0. The van der Waals surface area contributed by atoms with Crippen molar-refractivity contribution in [2.75, 3.05) is 19.8 Å². The van der Waals surface area contributed by atoms with Gasteiger partial charge in [0, 0.05) is 6.92 Å². The third kappa shape index (κ3) is 9.47. The highest BCUT2D eigenvalue weighted by Crippen LogP contribution is 2.36. The van der Waals surface area contributed by atoms with E-state index >= 15 is 0 Å². The monoisotopic (exact) mass is 771 g/mol. The molecular weight excluding hydrogens is 726 g/mol. The van der Waals surface area contributed by atoms with Crippen LogP contribution >= 0.6 is 0 Å². The summed E-state index contributed by atoms with van der Waals surface area (Å²) in [6.45, 7) is -0.603. The van der Waals surface area contributed by atoms with Crippen LogP contribution in [0.5, 0.6) is 0 Å². The van der Waals surface area contributed by atoms with Crippen molar-refractivity contribution in [1.82, 2.24) is 5.32 Å². The summed E-state index contributed by atoms with van der Waals surface area (Å²) in [6.07, 6.45) is -35.5. The first-order chi connectivity index (χ1) is 23.8. The second-order valence-electron chi connectivity index (χ2n) is 12.4. The highest BCUT2D eigenvalue weighted by molar-refractivity contribution is 7.80. The number of carbonyl (C=O) groups excluding carboxylic acids is 1. The van der Waals surface area contributed by atoms with E-state index in [1.807, 2.05) is 0 Å². The van der Waals surface area contributed by atoms with E-state index in [-0.39, 0.29) is 0 Å². The third-order valence-electron chi connectivity index (χ3n) is 8.77. The predicted octanol–water partition coefficient (Wildman–Crippen LogP) is -8.75. The van der Waals surface area contributed by atoms with Gasteiger partial charge in [-0.3, -0.25) is 9.35 Å². The molecule has 0 bridgehead atoms.